The highest BCUT2D eigenvalue weighted by atomic mass is 19.3. The predicted octanol–water partition coefficient (Wildman–Crippen LogP) is -0.385. The maximum absolute atomic E-state index is 11.7. The summed E-state index contributed by atoms with van der Waals surface area (Å²) in [7, 11) is 1.42. The quantitative estimate of drug-likeness (QED) is 0.504. The largest absolute Gasteiger partial charge is 0.374 e. The molecule has 0 aromatic heterocycles. The van der Waals surface area contributed by atoms with Crippen molar-refractivity contribution >= 4 is 11.8 Å². The second-order valence-electron chi connectivity index (χ2n) is 3.47. The van der Waals surface area contributed by atoms with Crippen molar-refractivity contribution in [2.24, 2.45) is 0 Å². The van der Waals surface area contributed by atoms with Crippen molar-refractivity contribution in [1.29, 1.82) is 0 Å². The van der Waals surface area contributed by atoms with Gasteiger partial charge in [-0.1, -0.05) is 0 Å². The average molecular weight is 236 g/mol. The molecule has 1 aliphatic rings. The van der Waals surface area contributed by atoms with E-state index >= 15 is 0 Å². The molecule has 1 heterocycles. The van der Waals surface area contributed by atoms with Crippen LogP contribution in [0.15, 0.2) is 0 Å². The van der Waals surface area contributed by atoms with Gasteiger partial charge in [0.05, 0.1) is 19.1 Å². The molecular weight excluding hydrogens is 222 g/mol. The first-order valence-electron chi connectivity index (χ1n) is 4.92. The number of nitrogens with zero attached hydrogens (tertiary/aromatic N) is 1. The number of ether oxygens (including phenoxy) is 1. The maximum atomic E-state index is 11.7. The van der Waals surface area contributed by atoms with Gasteiger partial charge in [-0.25, -0.2) is 8.78 Å². The number of halogens is 2. The predicted molar refractivity (Wildman–Crippen MR) is 51.0 cm³/mol. The number of hydrogen-bond acceptors (Lipinski definition) is 4. The van der Waals surface area contributed by atoms with E-state index in [9.17, 15) is 18.4 Å². The van der Waals surface area contributed by atoms with Crippen LogP contribution < -0.4 is 5.32 Å². The summed E-state index contributed by atoms with van der Waals surface area (Å²) in [5, 5.41) is 2.78. The third-order valence-electron chi connectivity index (χ3n) is 2.26. The van der Waals surface area contributed by atoms with E-state index in [2.05, 4.69) is 10.1 Å². The van der Waals surface area contributed by atoms with Crippen LogP contribution in [0.5, 0.6) is 0 Å². The molecule has 7 heteroatoms. The lowest BCUT2D eigenvalue weighted by Gasteiger charge is -2.10. The summed E-state index contributed by atoms with van der Waals surface area (Å²) in [4.78, 5) is 23.5. The fourth-order valence-corrected chi connectivity index (χ4v) is 1.39. The number of alkyl halides is 2. The zero-order valence-corrected chi connectivity index (χ0v) is 8.91. The van der Waals surface area contributed by atoms with Crippen LogP contribution in [-0.2, 0) is 14.3 Å². The Hall–Kier alpha value is -1.08. The van der Waals surface area contributed by atoms with Crippen molar-refractivity contribution in [2.75, 3.05) is 26.8 Å². The van der Waals surface area contributed by atoms with E-state index in [1.165, 1.54) is 7.05 Å². The number of hydrogen-bond donors (Lipinski definition) is 1. The van der Waals surface area contributed by atoms with Gasteiger partial charge in [0.25, 0.3) is 6.43 Å². The molecule has 0 aliphatic carbocycles. The Morgan fingerprint density at radius 2 is 2.25 bits per heavy atom. The fraction of sp³-hybridized carbons (Fsp3) is 0.778. The first-order chi connectivity index (χ1) is 7.52. The van der Waals surface area contributed by atoms with Gasteiger partial charge in [-0.15, -0.1) is 0 Å². The van der Waals surface area contributed by atoms with E-state index in [0.717, 1.165) is 4.90 Å². The van der Waals surface area contributed by atoms with Crippen LogP contribution in [0.4, 0.5) is 8.78 Å². The molecule has 1 saturated heterocycles. The number of carbonyl (C=O) groups excluding carboxylic acids is 2. The summed E-state index contributed by atoms with van der Waals surface area (Å²) < 4.78 is 28.0. The molecule has 0 bridgehead atoms. The summed E-state index contributed by atoms with van der Waals surface area (Å²) >= 11 is 0. The molecule has 1 aliphatic heterocycles. The molecule has 5 nitrogen and oxygen atoms in total. The number of carbonyl (C=O) groups is 2. The molecule has 0 aromatic rings. The highest BCUT2D eigenvalue weighted by Gasteiger charge is 2.35. The molecule has 1 N–H and O–H groups in total. The molecule has 1 atom stereocenters. The van der Waals surface area contributed by atoms with Gasteiger partial charge in [-0.05, 0) is 0 Å². The van der Waals surface area contributed by atoms with Gasteiger partial charge in [-0.3, -0.25) is 14.5 Å². The van der Waals surface area contributed by atoms with Gasteiger partial charge in [0, 0.05) is 13.6 Å². The summed E-state index contributed by atoms with van der Waals surface area (Å²) in [5.74, 6) is -0.533. The molecule has 0 aromatic carbocycles. The fourth-order valence-electron chi connectivity index (χ4n) is 1.39. The number of likely N-dealkylation sites (tertiary alicyclic amines) is 1. The normalized spacial score (nSPS) is 21.2. The molecule has 0 radical (unpaired) electrons. The molecule has 1 rings (SSSR count). The van der Waals surface area contributed by atoms with Gasteiger partial charge in [0.2, 0.25) is 11.8 Å². The second-order valence-corrected chi connectivity index (χ2v) is 3.47. The molecule has 1 unspecified atom stereocenters. The number of rotatable bonds is 6. The molecule has 1 fully saturated rings. The van der Waals surface area contributed by atoms with Crippen LogP contribution in [0.2, 0.25) is 0 Å². The van der Waals surface area contributed by atoms with Gasteiger partial charge >= 0.3 is 0 Å². The minimum Gasteiger partial charge on any atom is -0.374 e. The summed E-state index contributed by atoms with van der Waals surface area (Å²) in [6.45, 7) is -0.255. The number of nitrogens with one attached hydrogen (secondary N) is 1. The van der Waals surface area contributed by atoms with Crippen molar-refractivity contribution in [1.82, 2.24) is 10.2 Å². The molecule has 0 spiro atoms. The van der Waals surface area contributed by atoms with Crippen LogP contribution >= 0.6 is 0 Å². The van der Waals surface area contributed by atoms with E-state index in [1.54, 1.807) is 0 Å². The topological polar surface area (TPSA) is 58.6 Å². The first kappa shape index (κ1) is 13.0. The van der Waals surface area contributed by atoms with Gasteiger partial charge in [0.15, 0.2) is 0 Å². The lowest BCUT2D eigenvalue weighted by molar-refractivity contribution is -0.137. The number of likely N-dealkylation sites (N-methyl/N-ethyl adjacent to an activating group) is 1. The Morgan fingerprint density at radius 3 is 2.75 bits per heavy atom. The Balaban J connectivity index is 2.15. The Labute approximate surface area is 91.7 Å². The summed E-state index contributed by atoms with van der Waals surface area (Å²) in [5.41, 5.74) is 0. The van der Waals surface area contributed by atoms with Crippen LogP contribution in [0.25, 0.3) is 0 Å². The van der Waals surface area contributed by atoms with E-state index in [-0.39, 0.29) is 31.4 Å². The summed E-state index contributed by atoms with van der Waals surface area (Å²) in [6, 6.07) is -0.548. The van der Waals surface area contributed by atoms with Gasteiger partial charge in [0.1, 0.15) is 6.61 Å². The van der Waals surface area contributed by atoms with Crippen LogP contribution in [0.3, 0.4) is 0 Å². The van der Waals surface area contributed by atoms with Crippen molar-refractivity contribution in [3.63, 3.8) is 0 Å². The lowest BCUT2D eigenvalue weighted by atomic mass is 10.2. The highest BCUT2D eigenvalue weighted by Crippen LogP contribution is 2.09. The minimum absolute atomic E-state index is 0.0893. The van der Waals surface area contributed by atoms with E-state index in [0.29, 0.717) is 0 Å². The summed E-state index contributed by atoms with van der Waals surface area (Å²) in [6.07, 6.45) is -2.37. The molecular formula is C9H14F2N2O3. The van der Waals surface area contributed by atoms with Crippen LogP contribution in [0.1, 0.15) is 6.42 Å². The van der Waals surface area contributed by atoms with Crippen molar-refractivity contribution < 1.29 is 23.1 Å². The second kappa shape index (κ2) is 5.86. The monoisotopic (exact) mass is 236 g/mol. The maximum Gasteiger partial charge on any atom is 0.261 e. The Morgan fingerprint density at radius 1 is 1.56 bits per heavy atom. The minimum atomic E-state index is -2.49. The number of amides is 2. The van der Waals surface area contributed by atoms with Crippen molar-refractivity contribution in [3.05, 3.63) is 0 Å². The third kappa shape index (κ3) is 3.49. The molecule has 0 saturated carbocycles. The zero-order chi connectivity index (χ0) is 12.1. The molecule has 92 valence electrons. The third-order valence-corrected chi connectivity index (χ3v) is 2.26. The van der Waals surface area contributed by atoms with Crippen molar-refractivity contribution in [3.8, 4) is 0 Å². The van der Waals surface area contributed by atoms with Crippen LogP contribution in [-0.4, -0.2) is 56.0 Å². The van der Waals surface area contributed by atoms with Gasteiger partial charge in [-0.2, -0.15) is 0 Å². The smallest absolute Gasteiger partial charge is 0.261 e. The zero-order valence-electron chi connectivity index (χ0n) is 8.91. The van der Waals surface area contributed by atoms with Crippen molar-refractivity contribution in [2.45, 2.75) is 18.9 Å². The SMILES string of the molecule is CN1C(=O)CC(NCCOCC(F)F)C1=O. The lowest BCUT2D eigenvalue weighted by Crippen LogP contribution is -2.38. The Bertz CT molecular complexity index is 273. The average Bonchev–Trinajstić information content (AvgIpc) is 2.45. The standard InChI is InChI=1S/C9H14F2N2O3/c1-13-8(14)4-6(9(13)15)12-2-3-16-5-7(10)11/h6-7,12H,2-5H2,1H3. The molecule has 2 amide bonds. The van der Waals surface area contributed by atoms with E-state index in [4.69, 9.17) is 0 Å². The highest BCUT2D eigenvalue weighted by molar-refractivity contribution is 6.05. The van der Waals surface area contributed by atoms with Crippen LogP contribution in [0, 0.1) is 0 Å². The Kier molecular flexibility index (Phi) is 4.75. The van der Waals surface area contributed by atoms with E-state index < -0.39 is 19.1 Å². The van der Waals surface area contributed by atoms with Gasteiger partial charge < -0.3 is 10.1 Å². The van der Waals surface area contributed by atoms with E-state index in [1.807, 2.05) is 0 Å². The first-order valence-corrected chi connectivity index (χ1v) is 4.92. The molecule has 16 heavy (non-hydrogen) atoms. The number of imide groups is 1.